The number of aryl methyl sites for hydroxylation is 2. The molecule has 0 saturated carbocycles. The van der Waals surface area contributed by atoms with Crippen molar-refractivity contribution in [3.63, 3.8) is 0 Å². The fourth-order valence-corrected chi connectivity index (χ4v) is 6.36. The number of rotatable bonds is 2. The van der Waals surface area contributed by atoms with Crippen LogP contribution >= 0.6 is 0 Å². The molecule has 0 aliphatic heterocycles. The standard InChI is InChI=1S/C20H16Se2/c1-13-3-9-19(21-13)17-7-5-16-12-18(8-6-15(16)11-17)20-10-4-14(2)22-20/h3-12H,1-2H3. The minimum absolute atomic E-state index is 0.508. The van der Waals surface area contributed by atoms with Gasteiger partial charge >= 0.3 is 143 Å². The summed E-state index contributed by atoms with van der Waals surface area (Å²) in [4.78, 5) is 0. The molecule has 0 nitrogen and oxygen atoms in total. The molecule has 0 bridgehead atoms. The van der Waals surface area contributed by atoms with Crippen LogP contribution in [-0.4, -0.2) is 29.0 Å². The van der Waals surface area contributed by atoms with Crippen molar-refractivity contribution in [1.82, 2.24) is 0 Å². The second-order valence-corrected chi connectivity index (χ2v) is 11.0. The van der Waals surface area contributed by atoms with Crippen LogP contribution < -0.4 is 0 Å². The molecule has 2 heterocycles. The molecule has 0 amide bonds. The molecule has 2 aromatic carbocycles. The van der Waals surface area contributed by atoms with E-state index in [1.807, 2.05) is 0 Å². The van der Waals surface area contributed by atoms with Crippen molar-refractivity contribution in [2.75, 3.05) is 0 Å². The van der Waals surface area contributed by atoms with Crippen LogP contribution in [-0.2, 0) is 0 Å². The summed E-state index contributed by atoms with van der Waals surface area (Å²) in [6, 6.07) is 22.9. The van der Waals surface area contributed by atoms with E-state index in [2.05, 4.69) is 74.5 Å². The van der Waals surface area contributed by atoms with Gasteiger partial charge in [-0.05, 0) is 0 Å². The first-order valence-corrected chi connectivity index (χ1v) is 10.8. The first-order chi connectivity index (χ1) is 10.7. The molecule has 0 radical (unpaired) electrons. The van der Waals surface area contributed by atoms with Crippen molar-refractivity contribution in [3.8, 4) is 20.0 Å². The summed E-state index contributed by atoms with van der Waals surface area (Å²) in [7, 11) is 0. The molecule has 0 unspecified atom stereocenters. The van der Waals surface area contributed by atoms with E-state index in [1.165, 1.54) is 39.6 Å². The van der Waals surface area contributed by atoms with Crippen LogP contribution in [0.4, 0.5) is 0 Å². The molecule has 0 fully saturated rings. The molecular weight excluding hydrogens is 398 g/mol. The number of hydrogen-bond donors (Lipinski definition) is 0. The zero-order valence-corrected chi connectivity index (χ0v) is 16.0. The molecule has 2 aromatic heterocycles. The van der Waals surface area contributed by atoms with Gasteiger partial charge in [0.15, 0.2) is 0 Å². The van der Waals surface area contributed by atoms with Crippen LogP contribution in [0.25, 0.3) is 30.8 Å². The molecule has 2 heteroatoms. The van der Waals surface area contributed by atoms with Crippen LogP contribution in [0.1, 0.15) is 8.87 Å². The SMILES string of the molecule is Cc1ccc(-c2ccc3cc(-c4ccc(C)[se]4)ccc3c2)[se]1. The van der Waals surface area contributed by atoms with Gasteiger partial charge in [-0.25, -0.2) is 0 Å². The van der Waals surface area contributed by atoms with E-state index < -0.39 is 0 Å². The minimum atomic E-state index is 0.508. The van der Waals surface area contributed by atoms with Gasteiger partial charge in [0.1, 0.15) is 0 Å². The van der Waals surface area contributed by atoms with Crippen LogP contribution in [0.5, 0.6) is 0 Å². The summed E-state index contributed by atoms with van der Waals surface area (Å²) in [5.41, 5.74) is 2.77. The predicted octanol–water partition coefficient (Wildman–Crippen LogP) is 4.90. The van der Waals surface area contributed by atoms with Crippen molar-refractivity contribution < 1.29 is 0 Å². The van der Waals surface area contributed by atoms with Gasteiger partial charge in [-0.15, -0.1) is 0 Å². The Labute approximate surface area is 142 Å². The zero-order chi connectivity index (χ0) is 15.1. The molecule has 4 aromatic rings. The Balaban J connectivity index is 1.79. The summed E-state index contributed by atoms with van der Waals surface area (Å²) in [6.07, 6.45) is 0. The number of hydrogen-bond acceptors (Lipinski definition) is 0. The van der Waals surface area contributed by atoms with Gasteiger partial charge in [-0.3, -0.25) is 0 Å². The average Bonchev–Trinajstić information content (AvgIpc) is 3.15. The van der Waals surface area contributed by atoms with Gasteiger partial charge in [0.25, 0.3) is 0 Å². The van der Waals surface area contributed by atoms with E-state index in [0.29, 0.717) is 29.0 Å². The monoisotopic (exact) mass is 416 g/mol. The van der Waals surface area contributed by atoms with Gasteiger partial charge in [0.2, 0.25) is 0 Å². The Morgan fingerprint density at radius 1 is 0.545 bits per heavy atom. The summed E-state index contributed by atoms with van der Waals surface area (Å²) >= 11 is 1.02. The maximum atomic E-state index is 2.34. The normalized spacial score (nSPS) is 11.2. The number of benzene rings is 2. The summed E-state index contributed by atoms with van der Waals surface area (Å²) in [5, 5.41) is 2.69. The molecule has 108 valence electrons. The Bertz CT molecular complexity index is 877. The van der Waals surface area contributed by atoms with E-state index in [4.69, 9.17) is 0 Å². The van der Waals surface area contributed by atoms with Gasteiger partial charge in [0.05, 0.1) is 0 Å². The van der Waals surface area contributed by atoms with E-state index in [1.54, 1.807) is 0 Å². The molecule has 4 rings (SSSR count). The van der Waals surface area contributed by atoms with E-state index in [0.717, 1.165) is 0 Å². The first kappa shape index (κ1) is 14.3. The molecule has 22 heavy (non-hydrogen) atoms. The quantitative estimate of drug-likeness (QED) is 0.409. The average molecular weight is 414 g/mol. The first-order valence-electron chi connectivity index (χ1n) is 7.36. The second kappa shape index (κ2) is 5.72. The Morgan fingerprint density at radius 2 is 1.00 bits per heavy atom. The third-order valence-corrected chi connectivity index (χ3v) is 8.29. The van der Waals surface area contributed by atoms with E-state index in [9.17, 15) is 0 Å². The summed E-state index contributed by atoms with van der Waals surface area (Å²) in [5.74, 6) is 0. The molecule has 0 spiro atoms. The van der Waals surface area contributed by atoms with Crippen molar-refractivity contribution >= 4 is 39.8 Å². The molecule has 0 saturated heterocycles. The van der Waals surface area contributed by atoms with Crippen LogP contribution in [0.2, 0.25) is 0 Å². The van der Waals surface area contributed by atoms with Crippen LogP contribution in [0.15, 0.2) is 60.7 Å². The summed E-state index contributed by atoms with van der Waals surface area (Å²) in [6.45, 7) is 4.45. The fraction of sp³-hybridized carbons (Fsp3) is 0.100. The topological polar surface area (TPSA) is 0 Å². The van der Waals surface area contributed by atoms with Gasteiger partial charge < -0.3 is 0 Å². The number of fused-ring (bicyclic) bond motifs is 1. The van der Waals surface area contributed by atoms with E-state index >= 15 is 0 Å². The molecule has 0 aliphatic rings. The predicted molar refractivity (Wildman–Crippen MR) is 98.2 cm³/mol. The van der Waals surface area contributed by atoms with Crippen molar-refractivity contribution in [3.05, 3.63) is 69.5 Å². The van der Waals surface area contributed by atoms with Crippen molar-refractivity contribution in [2.24, 2.45) is 0 Å². The summed E-state index contributed by atoms with van der Waals surface area (Å²) < 4.78 is 6.02. The van der Waals surface area contributed by atoms with Gasteiger partial charge in [0, 0.05) is 0 Å². The van der Waals surface area contributed by atoms with Gasteiger partial charge in [-0.1, -0.05) is 0 Å². The van der Waals surface area contributed by atoms with Gasteiger partial charge in [-0.2, -0.15) is 0 Å². The van der Waals surface area contributed by atoms with Crippen molar-refractivity contribution in [2.45, 2.75) is 13.8 Å². The maximum absolute atomic E-state index is 2.34. The fourth-order valence-electron chi connectivity index (χ4n) is 2.73. The molecular formula is C20H16Se2. The van der Waals surface area contributed by atoms with E-state index in [-0.39, 0.29) is 0 Å². The third-order valence-electron chi connectivity index (χ3n) is 3.89. The third kappa shape index (κ3) is 2.69. The molecule has 0 atom stereocenters. The Morgan fingerprint density at radius 3 is 1.36 bits per heavy atom. The van der Waals surface area contributed by atoms with Crippen LogP contribution in [0, 0.1) is 13.8 Å². The zero-order valence-electron chi connectivity index (χ0n) is 12.6. The Kier molecular flexibility index (Phi) is 3.72. The van der Waals surface area contributed by atoms with Crippen LogP contribution in [0.3, 0.4) is 0 Å². The van der Waals surface area contributed by atoms with Crippen molar-refractivity contribution in [1.29, 1.82) is 0 Å². The molecule has 0 aliphatic carbocycles. The molecule has 0 N–H and O–H groups in total. The Hall–Kier alpha value is -1.30. The second-order valence-electron chi connectivity index (χ2n) is 5.60.